The summed E-state index contributed by atoms with van der Waals surface area (Å²) in [7, 11) is 0. The molecule has 36 heavy (non-hydrogen) atoms. The highest BCUT2D eigenvalue weighted by Crippen LogP contribution is 2.50. The number of amides is 1. The maximum Gasteiger partial charge on any atom is 0.165 e. The second-order valence-electron chi connectivity index (χ2n) is 11.6. The van der Waals surface area contributed by atoms with Gasteiger partial charge in [0.1, 0.15) is 11.9 Å². The molecule has 2 atom stereocenters. The molecule has 0 unspecified atom stereocenters. The van der Waals surface area contributed by atoms with E-state index in [0.29, 0.717) is 35.6 Å². The summed E-state index contributed by atoms with van der Waals surface area (Å²) in [6, 6.07) is 7.08. The third-order valence-corrected chi connectivity index (χ3v) is 8.38. The van der Waals surface area contributed by atoms with E-state index in [0.717, 1.165) is 37.9 Å². The highest BCUT2D eigenvalue weighted by atomic mass is 19.1. The van der Waals surface area contributed by atoms with Gasteiger partial charge in [-0.05, 0) is 105 Å². The van der Waals surface area contributed by atoms with Crippen LogP contribution in [0, 0.1) is 23.0 Å². The van der Waals surface area contributed by atoms with Crippen molar-refractivity contribution in [2.75, 3.05) is 19.6 Å². The lowest BCUT2D eigenvalue weighted by atomic mass is 9.68. The van der Waals surface area contributed by atoms with Gasteiger partial charge in [0, 0.05) is 18.2 Å². The summed E-state index contributed by atoms with van der Waals surface area (Å²) in [4.78, 5) is 16.5. The molecule has 4 aliphatic rings. The van der Waals surface area contributed by atoms with Crippen LogP contribution in [0.5, 0.6) is 5.75 Å². The van der Waals surface area contributed by atoms with Gasteiger partial charge in [0.2, 0.25) is 0 Å². The lowest BCUT2D eigenvalue weighted by Gasteiger charge is -2.56. The lowest BCUT2D eigenvalue weighted by molar-refractivity contribution is -0.277. The standard InChI is InChI=1S/C29H36F2N2O3/c1-17(2)36-26-6-5-19(14-24(26)31)21-13-20-7-10-29(3,4)27(22(20)15-23(21)30)33(28(34)35)25-16-32-11-8-18(25)9-12-32/h5-6,13-15,17-18,25,27H,7-12,16H2,1-4H3,(H,34,35)/p-1/t25-,27+/m1/s1. The molecule has 7 heteroatoms. The van der Waals surface area contributed by atoms with Crippen LogP contribution < -0.4 is 9.84 Å². The van der Waals surface area contributed by atoms with Gasteiger partial charge >= 0.3 is 0 Å². The number of carbonyl (C=O) groups is 1. The topological polar surface area (TPSA) is 55.8 Å². The molecule has 5 nitrogen and oxygen atoms in total. The summed E-state index contributed by atoms with van der Waals surface area (Å²) in [6.07, 6.45) is 2.05. The Labute approximate surface area is 212 Å². The van der Waals surface area contributed by atoms with Crippen LogP contribution in [-0.2, 0) is 6.42 Å². The highest BCUT2D eigenvalue weighted by molar-refractivity contribution is 5.69. The normalized spacial score (nSPS) is 26.5. The van der Waals surface area contributed by atoms with E-state index in [2.05, 4.69) is 18.7 Å². The second-order valence-corrected chi connectivity index (χ2v) is 11.6. The minimum atomic E-state index is -1.19. The summed E-state index contributed by atoms with van der Waals surface area (Å²) in [5, 5.41) is 12.6. The van der Waals surface area contributed by atoms with Gasteiger partial charge in [-0.1, -0.05) is 19.9 Å². The van der Waals surface area contributed by atoms with Crippen molar-refractivity contribution in [1.82, 2.24) is 9.80 Å². The van der Waals surface area contributed by atoms with Gasteiger partial charge < -0.3 is 24.4 Å². The minimum absolute atomic E-state index is 0.135. The van der Waals surface area contributed by atoms with Crippen LogP contribution in [0.2, 0.25) is 0 Å². The first-order valence-corrected chi connectivity index (χ1v) is 13.1. The first-order valence-electron chi connectivity index (χ1n) is 13.1. The Morgan fingerprint density at radius 3 is 2.44 bits per heavy atom. The lowest BCUT2D eigenvalue weighted by Crippen LogP contribution is -2.63. The zero-order chi connectivity index (χ0) is 25.8. The van der Waals surface area contributed by atoms with Crippen molar-refractivity contribution in [3.8, 4) is 16.9 Å². The van der Waals surface area contributed by atoms with E-state index in [4.69, 9.17) is 4.74 Å². The van der Waals surface area contributed by atoms with Crippen molar-refractivity contribution < 1.29 is 23.4 Å². The van der Waals surface area contributed by atoms with E-state index in [1.54, 1.807) is 12.1 Å². The van der Waals surface area contributed by atoms with Gasteiger partial charge in [-0.25, -0.2) is 8.78 Å². The largest absolute Gasteiger partial charge is 0.530 e. The zero-order valence-corrected chi connectivity index (χ0v) is 21.5. The molecule has 3 heterocycles. The van der Waals surface area contributed by atoms with Gasteiger partial charge in [-0.15, -0.1) is 0 Å². The van der Waals surface area contributed by atoms with Crippen molar-refractivity contribution in [2.24, 2.45) is 11.3 Å². The quantitative estimate of drug-likeness (QED) is 0.572. The van der Waals surface area contributed by atoms with Crippen LogP contribution in [0.25, 0.3) is 11.1 Å². The molecule has 1 aliphatic carbocycles. The monoisotopic (exact) mass is 497 g/mol. The molecule has 194 valence electrons. The van der Waals surface area contributed by atoms with E-state index in [9.17, 15) is 14.3 Å². The number of rotatable bonds is 5. The Morgan fingerprint density at radius 2 is 1.86 bits per heavy atom. The predicted molar refractivity (Wildman–Crippen MR) is 133 cm³/mol. The number of hydrogen-bond acceptors (Lipinski definition) is 4. The Hall–Kier alpha value is -2.67. The Morgan fingerprint density at radius 1 is 1.14 bits per heavy atom. The number of carboxylic acid groups (broad SMARTS) is 1. The molecule has 0 saturated carbocycles. The van der Waals surface area contributed by atoms with Crippen LogP contribution in [0.3, 0.4) is 0 Å². The molecular weight excluding hydrogens is 462 g/mol. The average molecular weight is 498 g/mol. The molecule has 3 saturated heterocycles. The maximum atomic E-state index is 15.6. The number of fused-ring (bicyclic) bond motifs is 4. The molecule has 3 aliphatic heterocycles. The van der Waals surface area contributed by atoms with Gasteiger partial charge in [0.15, 0.2) is 11.6 Å². The number of ether oxygens (including phenoxy) is 1. The van der Waals surface area contributed by atoms with Gasteiger partial charge in [-0.3, -0.25) is 0 Å². The first-order chi connectivity index (χ1) is 17.0. The van der Waals surface area contributed by atoms with Gasteiger partial charge in [0.25, 0.3) is 0 Å². The minimum Gasteiger partial charge on any atom is -0.530 e. The van der Waals surface area contributed by atoms with E-state index in [1.807, 2.05) is 13.8 Å². The summed E-state index contributed by atoms with van der Waals surface area (Å²) in [6.45, 7) is 10.5. The molecule has 6 rings (SSSR count). The number of carbonyl (C=O) groups excluding carboxylic acids is 1. The molecular formula is C29H35F2N2O3-. The molecule has 0 spiro atoms. The van der Waals surface area contributed by atoms with Crippen molar-refractivity contribution in [1.29, 1.82) is 0 Å². The van der Waals surface area contributed by atoms with Gasteiger partial charge in [-0.2, -0.15) is 0 Å². The summed E-state index contributed by atoms with van der Waals surface area (Å²) in [5.74, 6) is -0.591. The number of hydrogen-bond donors (Lipinski definition) is 0. The second kappa shape index (κ2) is 9.33. The Balaban J connectivity index is 1.54. The SMILES string of the molecule is CC(C)Oc1ccc(-c2cc3c(cc2F)[C@H](N(C(=O)[O-])[C@@H]2CN4CCC2CC4)C(C)(C)CC3)cc1F. The van der Waals surface area contributed by atoms with Crippen molar-refractivity contribution in [3.05, 3.63) is 53.1 Å². The zero-order valence-electron chi connectivity index (χ0n) is 21.5. The third-order valence-electron chi connectivity index (χ3n) is 8.38. The van der Waals surface area contributed by atoms with E-state index >= 15 is 4.39 Å². The summed E-state index contributed by atoms with van der Waals surface area (Å²) in [5.41, 5.74) is 1.97. The van der Waals surface area contributed by atoms with Crippen LogP contribution >= 0.6 is 0 Å². The van der Waals surface area contributed by atoms with E-state index in [-0.39, 0.29) is 23.3 Å². The van der Waals surface area contributed by atoms with Gasteiger partial charge in [0.05, 0.1) is 12.1 Å². The number of nitrogens with zero attached hydrogens (tertiary/aromatic N) is 2. The molecule has 0 radical (unpaired) electrons. The van der Waals surface area contributed by atoms with Crippen molar-refractivity contribution in [2.45, 2.75) is 71.6 Å². The molecule has 3 fully saturated rings. The fourth-order valence-electron chi connectivity index (χ4n) is 6.57. The molecule has 0 aromatic heterocycles. The molecule has 0 N–H and O–H groups in total. The molecule has 2 bridgehead atoms. The van der Waals surface area contributed by atoms with Crippen molar-refractivity contribution in [3.63, 3.8) is 0 Å². The molecule has 1 amide bonds. The fraction of sp³-hybridized carbons (Fsp3) is 0.552. The van der Waals surface area contributed by atoms with Crippen LogP contribution in [0.1, 0.15) is 64.1 Å². The third kappa shape index (κ3) is 4.47. The average Bonchev–Trinajstić information content (AvgIpc) is 2.82. The first kappa shape index (κ1) is 25.0. The Kier molecular flexibility index (Phi) is 6.48. The van der Waals surface area contributed by atoms with E-state index in [1.165, 1.54) is 23.1 Å². The predicted octanol–water partition coefficient (Wildman–Crippen LogP) is 5.17. The fourth-order valence-corrected chi connectivity index (χ4v) is 6.57. The van der Waals surface area contributed by atoms with Crippen LogP contribution in [0.4, 0.5) is 13.6 Å². The van der Waals surface area contributed by atoms with Crippen LogP contribution in [-0.4, -0.2) is 47.7 Å². The highest BCUT2D eigenvalue weighted by Gasteiger charge is 2.46. The van der Waals surface area contributed by atoms with Crippen molar-refractivity contribution >= 4 is 6.09 Å². The van der Waals surface area contributed by atoms with E-state index < -0.39 is 23.8 Å². The summed E-state index contributed by atoms with van der Waals surface area (Å²) >= 11 is 0. The summed E-state index contributed by atoms with van der Waals surface area (Å²) < 4.78 is 35.8. The number of benzene rings is 2. The number of halogens is 2. The molecule has 2 aromatic rings. The Bertz CT molecular complexity index is 1160. The number of aryl methyl sites for hydroxylation is 1. The molecule has 2 aromatic carbocycles. The van der Waals surface area contributed by atoms with Crippen LogP contribution in [0.15, 0.2) is 30.3 Å². The number of piperidine rings is 3. The maximum absolute atomic E-state index is 15.6. The smallest absolute Gasteiger partial charge is 0.165 e.